The lowest BCUT2D eigenvalue weighted by molar-refractivity contribution is -0.0923. The maximum absolute atomic E-state index is 4.71. The highest BCUT2D eigenvalue weighted by molar-refractivity contribution is 5.79. The molecule has 4 nitrogen and oxygen atoms in total. The van der Waals surface area contributed by atoms with Gasteiger partial charge in [0.1, 0.15) is 6.33 Å². The molecule has 6 unspecified atom stereocenters. The fourth-order valence-corrected chi connectivity index (χ4v) is 9.81. The van der Waals surface area contributed by atoms with Crippen LogP contribution in [0.3, 0.4) is 0 Å². The Morgan fingerprint density at radius 3 is 2.88 bits per heavy atom. The predicted molar refractivity (Wildman–Crippen MR) is 126 cm³/mol. The third-order valence-corrected chi connectivity index (χ3v) is 11.1. The van der Waals surface area contributed by atoms with Gasteiger partial charge in [-0.15, -0.1) is 0 Å². The van der Waals surface area contributed by atoms with Crippen molar-refractivity contribution >= 4 is 16.7 Å². The first-order chi connectivity index (χ1) is 15.7. The molecule has 5 aliphatic carbocycles. The van der Waals surface area contributed by atoms with Crippen LogP contribution in [-0.2, 0) is 0 Å². The van der Waals surface area contributed by atoms with Gasteiger partial charge >= 0.3 is 0 Å². The minimum atomic E-state index is 0.519. The van der Waals surface area contributed by atoms with Crippen LogP contribution in [0.5, 0.6) is 0 Å². The number of aromatic nitrogens is 4. The number of rotatable bonds is 2. The summed E-state index contributed by atoms with van der Waals surface area (Å²) in [5.41, 5.74) is 4.98. The first-order valence-corrected chi connectivity index (χ1v) is 12.8. The van der Waals surface area contributed by atoms with E-state index in [1.807, 2.05) is 6.20 Å². The molecular weight excluding hydrogens is 392 g/mol. The number of benzene rings is 1. The lowest BCUT2D eigenvalue weighted by Crippen LogP contribution is -2.52. The van der Waals surface area contributed by atoms with Gasteiger partial charge in [-0.1, -0.05) is 25.1 Å². The van der Waals surface area contributed by atoms with Crippen LogP contribution in [0, 0.1) is 40.4 Å². The van der Waals surface area contributed by atoms with Crippen LogP contribution in [0.4, 0.5) is 0 Å². The monoisotopic (exact) mass is 424 g/mol. The van der Waals surface area contributed by atoms with Gasteiger partial charge in [-0.05, 0) is 91.6 Å². The Kier molecular flexibility index (Phi) is 3.37. The van der Waals surface area contributed by atoms with Crippen molar-refractivity contribution in [3.63, 3.8) is 0 Å². The van der Waals surface area contributed by atoms with E-state index in [-0.39, 0.29) is 0 Å². The number of hydrogen-bond donors (Lipinski definition) is 0. The molecule has 2 heterocycles. The Morgan fingerprint density at radius 2 is 2.00 bits per heavy atom. The van der Waals surface area contributed by atoms with Gasteiger partial charge in [-0.2, -0.15) is 0 Å². The zero-order valence-electron chi connectivity index (χ0n) is 18.9. The molecule has 4 saturated carbocycles. The minimum Gasteiger partial charge on any atom is -0.334 e. The van der Waals surface area contributed by atoms with E-state index in [9.17, 15) is 0 Å². The van der Waals surface area contributed by atoms with Crippen molar-refractivity contribution in [2.45, 2.75) is 57.9 Å². The molecule has 5 aliphatic rings. The van der Waals surface area contributed by atoms with E-state index in [0.29, 0.717) is 22.8 Å². The summed E-state index contributed by atoms with van der Waals surface area (Å²) < 4.78 is 4.92. The Labute approximate surface area is 189 Å². The van der Waals surface area contributed by atoms with Crippen LogP contribution < -0.4 is 0 Å². The summed E-state index contributed by atoms with van der Waals surface area (Å²) in [6.07, 6.45) is 20.8. The van der Waals surface area contributed by atoms with Crippen molar-refractivity contribution in [1.82, 2.24) is 19.1 Å². The van der Waals surface area contributed by atoms with E-state index in [2.05, 4.69) is 70.2 Å². The van der Waals surface area contributed by atoms with Crippen LogP contribution in [0.2, 0.25) is 0 Å². The van der Waals surface area contributed by atoms with Crippen molar-refractivity contribution in [1.29, 1.82) is 0 Å². The van der Waals surface area contributed by atoms with Crippen LogP contribution in [0.15, 0.2) is 55.4 Å². The van der Waals surface area contributed by atoms with E-state index in [1.165, 1.54) is 56.2 Å². The summed E-state index contributed by atoms with van der Waals surface area (Å²) in [7, 11) is 0. The molecule has 0 N–H and O–H groups in total. The quantitative estimate of drug-likeness (QED) is 0.492. The van der Waals surface area contributed by atoms with E-state index in [1.54, 1.807) is 0 Å². The zero-order valence-corrected chi connectivity index (χ0v) is 18.9. The molecule has 8 rings (SSSR count). The molecule has 4 fully saturated rings. The molecule has 1 spiro atoms. The highest BCUT2D eigenvalue weighted by Gasteiger charge is 2.76. The lowest BCUT2D eigenvalue weighted by atomic mass is 9.47. The summed E-state index contributed by atoms with van der Waals surface area (Å²) in [5.74, 6) is 4.19. The lowest BCUT2D eigenvalue weighted by Gasteiger charge is -2.59. The maximum atomic E-state index is 4.71. The Morgan fingerprint density at radius 1 is 1.06 bits per heavy atom. The normalized spacial score (nSPS) is 44.0. The van der Waals surface area contributed by atoms with Gasteiger partial charge in [-0.3, -0.25) is 0 Å². The number of imidazole rings is 2. The maximum Gasteiger partial charge on any atom is 0.100 e. The number of hydrogen-bond acceptors (Lipinski definition) is 2. The SMILES string of the molecule is C[C@]12CCC3CC31[C@H](n1ccnc1)CC1C3CC=C(n4cnc5ccccc54)C3CCC12. The molecule has 0 bridgehead atoms. The molecule has 164 valence electrons. The molecule has 8 atom stereocenters. The highest BCUT2D eigenvalue weighted by Crippen LogP contribution is 2.83. The predicted octanol–water partition coefficient (Wildman–Crippen LogP) is 6.19. The van der Waals surface area contributed by atoms with Crippen molar-refractivity contribution < 1.29 is 0 Å². The third kappa shape index (κ3) is 2.02. The van der Waals surface area contributed by atoms with E-state index in [0.717, 1.165) is 29.2 Å². The van der Waals surface area contributed by atoms with Crippen molar-refractivity contribution in [2.24, 2.45) is 40.4 Å². The van der Waals surface area contributed by atoms with Gasteiger partial charge in [0.05, 0.1) is 17.4 Å². The molecule has 32 heavy (non-hydrogen) atoms. The fraction of sp³-hybridized carbons (Fsp3) is 0.571. The van der Waals surface area contributed by atoms with Crippen LogP contribution in [-0.4, -0.2) is 19.1 Å². The number of allylic oxidation sites excluding steroid dienone is 2. The van der Waals surface area contributed by atoms with E-state index < -0.39 is 0 Å². The van der Waals surface area contributed by atoms with Crippen LogP contribution in [0.1, 0.15) is 57.9 Å². The summed E-state index contributed by atoms with van der Waals surface area (Å²) in [5, 5.41) is 0. The van der Waals surface area contributed by atoms with Gasteiger partial charge in [0.25, 0.3) is 0 Å². The molecule has 4 heteroatoms. The van der Waals surface area contributed by atoms with E-state index in [4.69, 9.17) is 4.98 Å². The molecule has 0 saturated heterocycles. The summed E-state index contributed by atoms with van der Waals surface area (Å²) in [4.78, 5) is 9.18. The molecule has 0 amide bonds. The summed E-state index contributed by atoms with van der Waals surface area (Å²) in [6, 6.07) is 9.26. The zero-order chi connectivity index (χ0) is 21.1. The smallest absolute Gasteiger partial charge is 0.100 e. The number of fused-ring (bicyclic) bond motifs is 5. The summed E-state index contributed by atoms with van der Waals surface area (Å²) >= 11 is 0. The molecule has 0 aliphatic heterocycles. The van der Waals surface area contributed by atoms with Gasteiger partial charge in [-0.25, -0.2) is 9.97 Å². The topological polar surface area (TPSA) is 35.6 Å². The molecule has 2 aromatic heterocycles. The highest BCUT2D eigenvalue weighted by atomic mass is 15.1. The van der Waals surface area contributed by atoms with Crippen LogP contribution in [0.25, 0.3) is 16.7 Å². The third-order valence-electron chi connectivity index (χ3n) is 11.1. The van der Waals surface area contributed by atoms with Crippen LogP contribution >= 0.6 is 0 Å². The molecular formula is C28H32N4. The van der Waals surface area contributed by atoms with Gasteiger partial charge in [0, 0.05) is 30.1 Å². The standard InChI is InChI=1S/C28H32N4/c1-27-11-10-18-15-28(18,27)26(31-13-12-29-16-31)14-21-19-7-9-24(20(19)6-8-22(21)27)32-17-30-23-4-2-3-5-25(23)32/h2-5,9,12-13,16-22,26H,6-8,10-11,14-15H2,1H3/t18?,19?,20?,21?,22?,26-,27-,28?/m1/s1. The second kappa shape index (κ2) is 5.95. The fourth-order valence-electron chi connectivity index (χ4n) is 9.81. The van der Waals surface area contributed by atoms with Crippen molar-refractivity contribution in [3.05, 3.63) is 55.4 Å². The van der Waals surface area contributed by atoms with Crippen molar-refractivity contribution in [3.8, 4) is 0 Å². The summed E-state index contributed by atoms with van der Waals surface area (Å²) in [6.45, 7) is 2.70. The second-order valence-corrected chi connectivity index (χ2v) is 11.7. The largest absolute Gasteiger partial charge is 0.334 e. The first-order valence-electron chi connectivity index (χ1n) is 12.8. The van der Waals surface area contributed by atoms with Crippen molar-refractivity contribution in [2.75, 3.05) is 0 Å². The van der Waals surface area contributed by atoms with Gasteiger partial charge in [0.15, 0.2) is 0 Å². The molecule has 3 aromatic rings. The van der Waals surface area contributed by atoms with E-state index >= 15 is 0 Å². The second-order valence-electron chi connectivity index (χ2n) is 11.7. The molecule has 0 radical (unpaired) electrons. The number of para-hydroxylation sites is 2. The average molecular weight is 425 g/mol. The average Bonchev–Trinajstić information content (AvgIpc) is 3.31. The Balaban J connectivity index is 1.18. The Bertz CT molecular complexity index is 1240. The van der Waals surface area contributed by atoms with Gasteiger partial charge in [0.2, 0.25) is 0 Å². The Hall–Kier alpha value is -2.36. The minimum absolute atomic E-state index is 0.519. The first kappa shape index (κ1) is 18.1. The molecule has 1 aromatic carbocycles. The van der Waals surface area contributed by atoms with Gasteiger partial charge < -0.3 is 9.13 Å². The number of nitrogens with zero attached hydrogens (tertiary/aromatic N) is 4.